The van der Waals surface area contributed by atoms with Gasteiger partial charge in [0.2, 0.25) is 0 Å². The molecule has 0 atom stereocenters. The number of ether oxygens (including phenoxy) is 2. The molecule has 1 heterocycles. The van der Waals surface area contributed by atoms with Gasteiger partial charge in [-0.25, -0.2) is 4.98 Å². The van der Waals surface area contributed by atoms with E-state index in [-0.39, 0.29) is 5.56 Å². The lowest BCUT2D eigenvalue weighted by Gasteiger charge is -2.14. The maximum Gasteiger partial charge on any atom is 0.161 e. The van der Waals surface area contributed by atoms with Crippen LogP contribution in [0.1, 0.15) is 21.5 Å². The summed E-state index contributed by atoms with van der Waals surface area (Å²) in [6.45, 7) is 2.32. The standard InChI is InChI=1S/C25H21NO4/c1-16-7-6-10-19-20(25(27)28)14-21(26-24(16)19)18-11-12-22(23(13-18)29-2)30-15-17-8-4-3-5-9-17/h3-14H,15H2,1-2H3,(H,27,28)/p-1. The molecule has 3 aromatic carbocycles. The van der Waals surface area contributed by atoms with Crippen LogP contribution in [0.5, 0.6) is 11.5 Å². The lowest BCUT2D eigenvalue weighted by Crippen LogP contribution is -2.22. The largest absolute Gasteiger partial charge is 0.545 e. The average Bonchev–Trinajstić information content (AvgIpc) is 2.78. The van der Waals surface area contributed by atoms with Gasteiger partial charge in [-0.3, -0.25) is 0 Å². The summed E-state index contributed by atoms with van der Waals surface area (Å²) in [5.41, 5.74) is 3.95. The van der Waals surface area contributed by atoms with Crippen molar-refractivity contribution in [3.63, 3.8) is 0 Å². The summed E-state index contributed by atoms with van der Waals surface area (Å²) in [4.78, 5) is 16.4. The first kappa shape index (κ1) is 19.5. The first-order valence-corrected chi connectivity index (χ1v) is 9.53. The molecule has 30 heavy (non-hydrogen) atoms. The van der Waals surface area contributed by atoms with Gasteiger partial charge in [0.15, 0.2) is 11.5 Å². The number of nitrogens with zero attached hydrogens (tertiary/aromatic N) is 1. The third-order valence-electron chi connectivity index (χ3n) is 4.96. The molecule has 0 amide bonds. The summed E-state index contributed by atoms with van der Waals surface area (Å²) >= 11 is 0. The number of aryl methyl sites for hydroxylation is 1. The Balaban J connectivity index is 1.73. The van der Waals surface area contributed by atoms with Gasteiger partial charge in [-0.15, -0.1) is 0 Å². The van der Waals surface area contributed by atoms with Gasteiger partial charge < -0.3 is 19.4 Å². The lowest BCUT2D eigenvalue weighted by atomic mass is 10.0. The summed E-state index contributed by atoms with van der Waals surface area (Å²) in [5, 5.41) is 12.3. The van der Waals surface area contributed by atoms with Crippen LogP contribution in [0.3, 0.4) is 0 Å². The summed E-state index contributed by atoms with van der Waals surface area (Å²) < 4.78 is 11.4. The van der Waals surface area contributed by atoms with Crippen molar-refractivity contribution in [3.8, 4) is 22.8 Å². The van der Waals surface area contributed by atoms with E-state index in [1.165, 1.54) is 6.07 Å². The second kappa shape index (κ2) is 8.25. The maximum absolute atomic E-state index is 11.7. The van der Waals surface area contributed by atoms with Crippen molar-refractivity contribution in [2.75, 3.05) is 7.11 Å². The molecule has 5 nitrogen and oxygen atoms in total. The van der Waals surface area contributed by atoms with Crippen LogP contribution in [0.25, 0.3) is 22.2 Å². The zero-order valence-electron chi connectivity index (χ0n) is 16.7. The average molecular weight is 398 g/mol. The third kappa shape index (κ3) is 3.82. The van der Waals surface area contributed by atoms with Crippen molar-refractivity contribution >= 4 is 16.9 Å². The molecule has 0 bridgehead atoms. The number of carbonyl (C=O) groups excluding carboxylic acids is 1. The summed E-state index contributed by atoms with van der Waals surface area (Å²) in [6, 6.07) is 22.3. The van der Waals surface area contributed by atoms with Gasteiger partial charge in [-0.1, -0.05) is 48.5 Å². The van der Waals surface area contributed by atoms with Crippen molar-refractivity contribution in [1.82, 2.24) is 4.98 Å². The molecule has 0 spiro atoms. The molecule has 0 radical (unpaired) electrons. The number of para-hydroxylation sites is 1. The van der Waals surface area contributed by atoms with Crippen LogP contribution in [-0.2, 0) is 6.61 Å². The van der Waals surface area contributed by atoms with Crippen molar-refractivity contribution in [2.45, 2.75) is 13.5 Å². The Labute approximate surface area is 174 Å². The molecule has 4 rings (SSSR count). The molecule has 150 valence electrons. The van der Waals surface area contributed by atoms with E-state index >= 15 is 0 Å². The number of rotatable bonds is 6. The molecule has 0 aliphatic rings. The SMILES string of the molecule is COc1cc(-c2cc(C(=O)[O-])c3cccc(C)c3n2)ccc1OCc1ccccc1. The van der Waals surface area contributed by atoms with Gasteiger partial charge in [0.05, 0.1) is 24.3 Å². The van der Waals surface area contributed by atoms with Crippen molar-refractivity contribution in [3.05, 3.63) is 89.5 Å². The number of aromatic carboxylic acids is 1. The summed E-state index contributed by atoms with van der Waals surface area (Å²) in [7, 11) is 1.57. The van der Waals surface area contributed by atoms with Gasteiger partial charge >= 0.3 is 0 Å². The quantitative estimate of drug-likeness (QED) is 0.488. The number of hydrogen-bond acceptors (Lipinski definition) is 5. The van der Waals surface area contributed by atoms with Gasteiger partial charge in [0.25, 0.3) is 0 Å². The van der Waals surface area contributed by atoms with Crippen LogP contribution < -0.4 is 14.6 Å². The number of carboxylic acid groups (broad SMARTS) is 1. The Morgan fingerprint density at radius 2 is 1.77 bits per heavy atom. The maximum atomic E-state index is 11.7. The molecule has 4 aromatic rings. The second-order valence-corrected chi connectivity index (χ2v) is 6.95. The zero-order chi connectivity index (χ0) is 21.1. The van der Waals surface area contributed by atoms with Gasteiger partial charge in [-0.2, -0.15) is 0 Å². The Morgan fingerprint density at radius 3 is 2.50 bits per heavy atom. The van der Waals surface area contributed by atoms with E-state index in [1.54, 1.807) is 25.3 Å². The zero-order valence-corrected chi connectivity index (χ0v) is 16.7. The van der Waals surface area contributed by atoms with Crippen LogP contribution in [0.2, 0.25) is 0 Å². The molecule has 0 saturated heterocycles. The van der Waals surface area contributed by atoms with E-state index in [0.717, 1.165) is 16.7 Å². The predicted molar refractivity (Wildman–Crippen MR) is 114 cm³/mol. The fourth-order valence-electron chi connectivity index (χ4n) is 3.39. The Bertz CT molecular complexity index is 1220. The first-order chi connectivity index (χ1) is 14.6. The highest BCUT2D eigenvalue weighted by Gasteiger charge is 2.13. The predicted octanol–water partition coefficient (Wildman–Crippen LogP) is 4.16. The van der Waals surface area contributed by atoms with Crippen LogP contribution in [0.4, 0.5) is 0 Å². The second-order valence-electron chi connectivity index (χ2n) is 6.95. The van der Waals surface area contributed by atoms with Gasteiger partial charge in [0, 0.05) is 16.5 Å². The number of carboxylic acids is 1. The highest BCUT2D eigenvalue weighted by atomic mass is 16.5. The molecule has 0 unspecified atom stereocenters. The number of hydrogen-bond donors (Lipinski definition) is 0. The molecular weight excluding hydrogens is 378 g/mol. The Morgan fingerprint density at radius 1 is 0.967 bits per heavy atom. The molecule has 0 saturated carbocycles. The minimum Gasteiger partial charge on any atom is -0.545 e. The Kier molecular flexibility index (Phi) is 5.35. The van der Waals surface area contributed by atoms with Crippen molar-refractivity contribution in [2.24, 2.45) is 0 Å². The van der Waals surface area contributed by atoms with Gasteiger partial charge in [-0.05, 0) is 42.3 Å². The van der Waals surface area contributed by atoms with E-state index in [9.17, 15) is 9.90 Å². The van der Waals surface area contributed by atoms with Crippen LogP contribution in [0, 0.1) is 6.92 Å². The first-order valence-electron chi connectivity index (χ1n) is 9.53. The number of benzene rings is 3. The molecule has 0 N–H and O–H groups in total. The van der Waals surface area contributed by atoms with Crippen molar-refractivity contribution in [1.29, 1.82) is 0 Å². The van der Waals surface area contributed by atoms with E-state index in [0.29, 0.717) is 34.7 Å². The third-order valence-corrected chi connectivity index (χ3v) is 4.96. The monoisotopic (exact) mass is 398 g/mol. The number of methoxy groups -OCH3 is 1. The van der Waals surface area contributed by atoms with Crippen LogP contribution in [0.15, 0.2) is 72.8 Å². The number of carbonyl (C=O) groups is 1. The molecule has 0 aliphatic heterocycles. The lowest BCUT2D eigenvalue weighted by molar-refractivity contribution is -0.254. The minimum absolute atomic E-state index is 0.113. The fourth-order valence-corrected chi connectivity index (χ4v) is 3.39. The fraction of sp³-hybridized carbons (Fsp3) is 0.120. The highest BCUT2D eigenvalue weighted by molar-refractivity contribution is 6.03. The number of fused-ring (bicyclic) bond motifs is 1. The number of pyridine rings is 1. The molecule has 1 aromatic heterocycles. The highest BCUT2D eigenvalue weighted by Crippen LogP contribution is 2.34. The van der Waals surface area contributed by atoms with E-state index in [1.807, 2.05) is 55.5 Å². The van der Waals surface area contributed by atoms with E-state index in [4.69, 9.17) is 14.5 Å². The van der Waals surface area contributed by atoms with Gasteiger partial charge in [0.1, 0.15) is 6.61 Å². The summed E-state index contributed by atoms with van der Waals surface area (Å²) in [5.74, 6) is -0.0867. The van der Waals surface area contributed by atoms with E-state index in [2.05, 4.69) is 0 Å². The number of aromatic nitrogens is 1. The van der Waals surface area contributed by atoms with Crippen LogP contribution in [-0.4, -0.2) is 18.1 Å². The van der Waals surface area contributed by atoms with E-state index < -0.39 is 5.97 Å². The Hall–Kier alpha value is -3.86. The topological polar surface area (TPSA) is 71.5 Å². The molecule has 0 aliphatic carbocycles. The molecule has 0 fully saturated rings. The molecule has 5 heteroatoms. The van der Waals surface area contributed by atoms with Crippen molar-refractivity contribution < 1.29 is 19.4 Å². The smallest absolute Gasteiger partial charge is 0.161 e. The normalized spacial score (nSPS) is 10.7. The molecular formula is C25H20NO4-. The minimum atomic E-state index is -1.23. The summed E-state index contributed by atoms with van der Waals surface area (Å²) in [6.07, 6.45) is 0. The van der Waals surface area contributed by atoms with Crippen LogP contribution >= 0.6 is 0 Å².